The molecule has 1 rings (SSSR count). The van der Waals surface area contributed by atoms with Gasteiger partial charge in [-0.25, -0.2) is 0 Å². The predicted molar refractivity (Wildman–Crippen MR) is 60.7 cm³/mol. The van der Waals surface area contributed by atoms with Crippen LogP contribution in [0.1, 0.15) is 12.5 Å². The summed E-state index contributed by atoms with van der Waals surface area (Å²) in [4.78, 5) is 17.0. The summed E-state index contributed by atoms with van der Waals surface area (Å²) in [6, 6.07) is 1.84. The van der Waals surface area contributed by atoms with Gasteiger partial charge < -0.3 is 9.64 Å². The van der Waals surface area contributed by atoms with E-state index in [1.807, 2.05) is 6.07 Å². The summed E-state index contributed by atoms with van der Waals surface area (Å²) in [5, 5.41) is 0. The van der Waals surface area contributed by atoms with E-state index < -0.39 is 0 Å². The molecule has 84 valence electrons. The van der Waals surface area contributed by atoms with Crippen LogP contribution in [0.15, 0.2) is 18.5 Å². The Hall–Kier alpha value is -2.02. The second-order valence-electron chi connectivity index (χ2n) is 3.27. The molecule has 0 atom stereocenters. The van der Waals surface area contributed by atoms with Crippen LogP contribution in [0.25, 0.3) is 0 Å². The van der Waals surface area contributed by atoms with Gasteiger partial charge in [0.1, 0.15) is 5.75 Å². The number of carbonyl (C=O) groups is 1. The molecule has 4 heteroatoms. The van der Waals surface area contributed by atoms with E-state index in [2.05, 4.69) is 16.8 Å². The minimum Gasteiger partial charge on any atom is -0.495 e. The number of nitrogens with zero attached hydrogens (tertiary/aromatic N) is 2. The minimum atomic E-state index is -0.203. The molecule has 0 radical (unpaired) electrons. The summed E-state index contributed by atoms with van der Waals surface area (Å²) in [5.74, 6) is 5.53. The average molecular weight is 218 g/mol. The summed E-state index contributed by atoms with van der Waals surface area (Å²) in [5.41, 5.74) is 0.910. The van der Waals surface area contributed by atoms with Gasteiger partial charge in [-0.3, -0.25) is 9.78 Å². The van der Waals surface area contributed by atoms with Crippen molar-refractivity contribution in [2.45, 2.75) is 13.5 Å². The third-order valence-corrected chi connectivity index (χ3v) is 2.00. The predicted octanol–water partition coefficient (Wildman–Crippen LogP) is 1.07. The Bertz CT molecular complexity index is 432. The van der Waals surface area contributed by atoms with Gasteiger partial charge in [0.15, 0.2) is 0 Å². The highest BCUT2D eigenvalue weighted by molar-refractivity contribution is 5.93. The highest BCUT2D eigenvalue weighted by Crippen LogP contribution is 2.11. The highest BCUT2D eigenvalue weighted by Gasteiger charge is 2.06. The van der Waals surface area contributed by atoms with Crippen LogP contribution in [0.2, 0.25) is 0 Å². The first-order valence-electron chi connectivity index (χ1n) is 4.83. The maximum absolute atomic E-state index is 11.4. The molecule has 0 aliphatic heterocycles. The van der Waals surface area contributed by atoms with Gasteiger partial charge in [-0.15, -0.1) is 0 Å². The molecule has 1 aromatic heterocycles. The van der Waals surface area contributed by atoms with Crippen molar-refractivity contribution in [3.8, 4) is 17.6 Å². The molecule has 0 aliphatic carbocycles. The Morgan fingerprint density at radius 3 is 2.94 bits per heavy atom. The second kappa shape index (κ2) is 5.76. The lowest BCUT2D eigenvalue weighted by Gasteiger charge is -2.13. The molecule has 1 aromatic rings. The molecular formula is C12H14N2O2. The van der Waals surface area contributed by atoms with Gasteiger partial charge in [-0.1, -0.05) is 5.92 Å². The van der Waals surface area contributed by atoms with E-state index in [1.54, 1.807) is 33.5 Å². The summed E-state index contributed by atoms with van der Waals surface area (Å²) in [7, 11) is 3.28. The zero-order chi connectivity index (χ0) is 12.0. The van der Waals surface area contributed by atoms with E-state index in [0.717, 1.165) is 5.56 Å². The third-order valence-electron chi connectivity index (χ3n) is 2.00. The van der Waals surface area contributed by atoms with Crippen molar-refractivity contribution in [3.05, 3.63) is 24.0 Å². The Morgan fingerprint density at radius 1 is 1.56 bits per heavy atom. The standard InChI is InChI=1S/C12H14N2O2/c1-4-5-12(15)14(2)9-10-6-11(16-3)8-13-7-10/h6-8H,9H2,1-3H3. The van der Waals surface area contributed by atoms with Gasteiger partial charge in [0.05, 0.1) is 13.3 Å². The van der Waals surface area contributed by atoms with Crippen LogP contribution < -0.4 is 4.74 Å². The fraction of sp³-hybridized carbons (Fsp3) is 0.333. The number of rotatable bonds is 3. The van der Waals surface area contributed by atoms with Gasteiger partial charge in [0.25, 0.3) is 5.91 Å². The van der Waals surface area contributed by atoms with Crippen molar-refractivity contribution in [2.75, 3.05) is 14.2 Å². The first-order valence-corrected chi connectivity index (χ1v) is 4.83. The molecule has 0 bridgehead atoms. The summed E-state index contributed by atoms with van der Waals surface area (Å²) >= 11 is 0. The van der Waals surface area contributed by atoms with E-state index in [-0.39, 0.29) is 5.91 Å². The Kier molecular flexibility index (Phi) is 4.34. The molecule has 0 saturated carbocycles. The van der Waals surface area contributed by atoms with Crippen molar-refractivity contribution in [1.29, 1.82) is 0 Å². The van der Waals surface area contributed by atoms with Gasteiger partial charge >= 0.3 is 0 Å². The molecule has 0 unspecified atom stereocenters. The fourth-order valence-electron chi connectivity index (χ4n) is 1.21. The molecule has 0 spiro atoms. The van der Waals surface area contributed by atoms with Gasteiger partial charge in [0.2, 0.25) is 0 Å². The lowest BCUT2D eigenvalue weighted by atomic mass is 10.2. The van der Waals surface area contributed by atoms with Crippen molar-refractivity contribution in [3.63, 3.8) is 0 Å². The maximum atomic E-state index is 11.4. The summed E-state index contributed by atoms with van der Waals surface area (Å²) in [6.07, 6.45) is 3.32. The number of carbonyl (C=O) groups excluding carboxylic acids is 1. The van der Waals surface area contributed by atoms with Crippen LogP contribution in [-0.4, -0.2) is 29.9 Å². The number of methoxy groups -OCH3 is 1. The first kappa shape index (κ1) is 12.1. The quantitative estimate of drug-likeness (QED) is 0.713. The number of pyridine rings is 1. The first-order chi connectivity index (χ1) is 7.67. The zero-order valence-electron chi connectivity index (χ0n) is 9.65. The molecule has 4 nitrogen and oxygen atoms in total. The summed E-state index contributed by atoms with van der Waals surface area (Å²) in [6.45, 7) is 2.11. The minimum absolute atomic E-state index is 0.203. The van der Waals surface area contributed by atoms with Crippen LogP contribution in [0.5, 0.6) is 5.75 Å². The molecule has 1 heterocycles. The number of aromatic nitrogens is 1. The van der Waals surface area contributed by atoms with Crippen molar-refractivity contribution in [2.24, 2.45) is 0 Å². The molecule has 0 N–H and O–H groups in total. The highest BCUT2D eigenvalue weighted by atomic mass is 16.5. The topological polar surface area (TPSA) is 42.4 Å². The molecule has 0 aliphatic rings. The number of hydrogen-bond donors (Lipinski definition) is 0. The van der Waals surface area contributed by atoms with Crippen LogP contribution in [0.4, 0.5) is 0 Å². The van der Waals surface area contributed by atoms with Gasteiger partial charge in [-0.2, -0.15) is 0 Å². The molecule has 0 aromatic carbocycles. The van der Waals surface area contributed by atoms with E-state index in [4.69, 9.17) is 4.74 Å². The molecular weight excluding hydrogens is 204 g/mol. The van der Waals surface area contributed by atoms with E-state index in [0.29, 0.717) is 12.3 Å². The van der Waals surface area contributed by atoms with Crippen LogP contribution in [0.3, 0.4) is 0 Å². The SMILES string of the molecule is CC#CC(=O)N(C)Cc1cncc(OC)c1. The molecule has 16 heavy (non-hydrogen) atoms. The van der Waals surface area contributed by atoms with E-state index in [1.165, 1.54) is 4.90 Å². The number of hydrogen-bond acceptors (Lipinski definition) is 3. The van der Waals surface area contributed by atoms with Crippen molar-refractivity contribution < 1.29 is 9.53 Å². The molecule has 0 saturated heterocycles. The fourth-order valence-corrected chi connectivity index (χ4v) is 1.21. The van der Waals surface area contributed by atoms with Crippen molar-refractivity contribution in [1.82, 2.24) is 9.88 Å². The molecule has 1 amide bonds. The smallest absolute Gasteiger partial charge is 0.298 e. The second-order valence-corrected chi connectivity index (χ2v) is 3.27. The Labute approximate surface area is 95.2 Å². The van der Waals surface area contributed by atoms with E-state index in [9.17, 15) is 4.79 Å². The Morgan fingerprint density at radius 2 is 2.31 bits per heavy atom. The lowest BCUT2D eigenvalue weighted by Crippen LogP contribution is -2.24. The summed E-state index contributed by atoms with van der Waals surface area (Å²) < 4.78 is 5.05. The van der Waals surface area contributed by atoms with Crippen LogP contribution >= 0.6 is 0 Å². The van der Waals surface area contributed by atoms with E-state index >= 15 is 0 Å². The largest absolute Gasteiger partial charge is 0.495 e. The van der Waals surface area contributed by atoms with Gasteiger partial charge in [-0.05, 0) is 24.5 Å². The normalized spacial score (nSPS) is 8.94. The van der Waals surface area contributed by atoms with Crippen molar-refractivity contribution >= 4 is 5.91 Å². The zero-order valence-corrected chi connectivity index (χ0v) is 9.65. The Balaban J connectivity index is 2.71. The monoisotopic (exact) mass is 218 g/mol. The van der Waals surface area contributed by atoms with Crippen LogP contribution in [0, 0.1) is 11.8 Å². The number of amides is 1. The van der Waals surface area contributed by atoms with Crippen LogP contribution in [-0.2, 0) is 11.3 Å². The molecule has 0 fully saturated rings. The lowest BCUT2D eigenvalue weighted by molar-refractivity contribution is -0.124. The average Bonchev–Trinajstić information content (AvgIpc) is 2.29. The number of ether oxygens (including phenoxy) is 1. The third kappa shape index (κ3) is 3.28. The van der Waals surface area contributed by atoms with Gasteiger partial charge in [0, 0.05) is 19.8 Å². The maximum Gasteiger partial charge on any atom is 0.298 e.